The van der Waals surface area contributed by atoms with Crippen LogP contribution in [0, 0.1) is 11.8 Å². The first-order valence-corrected chi connectivity index (χ1v) is 7.32. The summed E-state index contributed by atoms with van der Waals surface area (Å²) >= 11 is 0. The molecule has 3 nitrogen and oxygen atoms in total. The van der Waals surface area contributed by atoms with Crippen molar-refractivity contribution < 1.29 is 4.79 Å². The van der Waals surface area contributed by atoms with Crippen LogP contribution in [0.2, 0.25) is 0 Å². The molecule has 2 aliphatic rings. The average Bonchev–Trinajstić information content (AvgIpc) is 2.39. The van der Waals surface area contributed by atoms with E-state index in [9.17, 15) is 4.79 Å². The molecule has 1 aliphatic heterocycles. The molecule has 0 radical (unpaired) electrons. The molecule has 0 saturated carbocycles. The van der Waals surface area contributed by atoms with Crippen molar-refractivity contribution in [3.63, 3.8) is 0 Å². The molecule has 0 bridgehead atoms. The summed E-state index contributed by atoms with van der Waals surface area (Å²) in [4.78, 5) is 12.2. The molecule has 3 unspecified atom stereocenters. The van der Waals surface area contributed by atoms with Crippen LogP contribution in [0.15, 0.2) is 24.3 Å². The Labute approximate surface area is 114 Å². The van der Waals surface area contributed by atoms with Gasteiger partial charge in [0, 0.05) is 6.54 Å². The van der Waals surface area contributed by atoms with Crippen LogP contribution < -0.4 is 10.6 Å². The molecule has 2 N–H and O–H groups in total. The van der Waals surface area contributed by atoms with Crippen molar-refractivity contribution in [1.82, 2.24) is 10.6 Å². The third-order valence-corrected chi connectivity index (χ3v) is 4.70. The van der Waals surface area contributed by atoms with Crippen LogP contribution in [0.3, 0.4) is 0 Å². The Morgan fingerprint density at radius 1 is 1.42 bits per heavy atom. The summed E-state index contributed by atoms with van der Waals surface area (Å²) in [6.07, 6.45) is 2.12. The number of carbonyl (C=O) groups excluding carboxylic acids is 1. The van der Waals surface area contributed by atoms with Gasteiger partial charge in [-0.05, 0) is 48.9 Å². The fourth-order valence-corrected chi connectivity index (χ4v) is 3.18. The molecule has 0 spiro atoms. The Balaban J connectivity index is 1.53. The third kappa shape index (κ3) is 2.52. The van der Waals surface area contributed by atoms with Gasteiger partial charge in [-0.1, -0.05) is 31.2 Å². The molecule has 1 saturated heterocycles. The van der Waals surface area contributed by atoms with Gasteiger partial charge in [0.2, 0.25) is 5.91 Å². The first-order chi connectivity index (χ1) is 9.25. The van der Waals surface area contributed by atoms with Crippen molar-refractivity contribution in [3.05, 3.63) is 35.4 Å². The zero-order valence-electron chi connectivity index (χ0n) is 11.5. The second-order valence-electron chi connectivity index (χ2n) is 5.93. The predicted molar refractivity (Wildman–Crippen MR) is 76.0 cm³/mol. The van der Waals surface area contributed by atoms with E-state index in [0.29, 0.717) is 11.8 Å². The van der Waals surface area contributed by atoms with E-state index in [0.717, 1.165) is 26.1 Å². The van der Waals surface area contributed by atoms with Gasteiger partial charge in [0.15, 0.2) is 0 Å². The molecule has 1 aliphatic carbocycles. The van der Waals surface area contributed by atoms with Gasteiger partial charge in [-0.3, -0.25) is 4.79 Å². The summed E-state index contributed by atoms with van der Waals surface area (Å²) in [7, 11) is 0. The van der Waals surface area contributed by atoms with E-state index < -0.39 is 0 Å². The Morgan fingerprint density at radius 2 is 2.26 bits per heavy atom. The number of rotatable bonds is 3. The van der Waals surface area contributed by atoms with Crippen LogP contribution in [0.1, 0.15) is 30.4 Å². The molecule has 3 atom stereocenters. The molecule has 0 aromatic heterocycles. The van der Waals surface area contributed by atoms with E-state index in [1.807, 2.05) is 12.1 Å². The van der Waals surface area contributed by atoms with Crippen molar-refractivity contribution in [3.8, 4) is 0 Å². The monoisotopic (exact) mass is 258 g/mol. The number of carbonyl (C=O) groups is 1. The minimum absolute atomic E-state index is 0.0862. The maximum absolute atomic E-state index is 12.2. The first-order valence-electron chi connectivity index (χ1n) is 7.32. The van der Waals surface area contributed by atoms with Crippen LogP contribution in [0.5, 0.6) is 0 Å². The SMILES string of the molecule is CC1CCNCC1CNC(=O)C1Cc2ccccc21. The lowest BCUT2D eigenvalue weighted by Crippen LogP contribution is -2.44. The summed E-state index contributed by atoms with van der Waals surface area (Å²) in [5, 5.41) is 6.56. The van der Waals surface area contributed by atoms with Crippen molar-refractivity contribution in [2.24, 2.45) is 11.8 Å². The topological polar surface area (TPSA) is 41.1 Å². The highest BCUT2D eigenvalue weighted by molar-refractivity contribution is 5.86. The summed E-state index contributed by atoms with van der Waals surface area (Å²) in [5.41, 5.74) is 2.55. The summed E-state index contributed by atoms with van der Waals surface area (Å²) in [6, 6.07) is 8.26. The van der Waals surface area contributed by atoms with Gasteiger partial charge >= 0.3 is 0 Å². The zero-order chi connectivity index (χ0) is 13.2. The van der Waals surface area contributed by atoms with Crippen molar-refractivity contribution in [1.29, 1.82) is 0 Å². The van der Waals surface area contributed by atoms with Crippen LogP contribution in [-0.4, -0.2) is 25.5 Å². The van der Waals surface area contributed by atoms with E-state index in [2.05, 4.69) is 29.7 Å². The van der Waals surface area contributed by atoms with Gasteiger partial charge in [0.1, 0.15) is 0 Å². The summed E-state index contributed by atoms with van der Waals surface area (Å²) in [6.45, 7) is 5.24. The molecule has 1 heterocycles. The molecule has 102 valence electrons. The zero-order valence-corrected chi connectivity index (χ0v) is 11.5. The maximum atomic E-state index is 12.2. The van der Waals surface area contributed by atoms with Crippen LogP contribution >= 0.6 is 0 Å². The van der Waals surface area contributed by atoms with Crippen LogP contribution in [-0.2, 0) is 11.2 Å². The fraction of sp³-hybridized carbons (Fsp3) is 0.562. The minimum Gasteiger partial charge on any atom is -0.355 e. The number of nitrogens with one attached hydrogen (secondary N) is 2. The van der Waals surface area contributed by atoms with Crippen molar-refractivity contribution >= 4 is 5.91 Å². The predicted octanol–water partition coefficient (Wildman–Crippen LogP) is 1.69. The highest BCUT2D eigenvalue weighted by Gasteiger charge is 2.32. The lowest BCUT2D eigenvalue weighted by molar-refractivity contribution is -0.123. The Hall–Kier alpha value is -1.35. The molecule has 3 heteroatoms. The summed E-state index contributed by atoms with van der Waals surface area (Å²) < 4.78 is 0. The quantitative estimate of drug-likeness (QED) is 0.866. The second-order valence-corrected chi connectivity index (χ2v) is 5.93. The van der Waals surface area contributed by atoms with E-state index in [-0.39, 0.29) is 11.8 Å². The number of benzene rings is 1. The van der Waals surface area contributed by atoms with Crippen LogP contribution in [0.25, 0.3) is 0 Å². The van der Waals surface area contributed by atoms with E-state index >= 15 is 0 Å². The van der Waals surface area contributed by atoms with Gasteiger partial charge in [-0.25, -0.2) is 0 Å². The molecule has 3 rings (SSSR count). The van der Waals surface area contributed by atoms with Crippen LogP contribution in [0.4, 0.5) is 0 Å². The molecule has 1 amide bonds. The average molecular weight is 258 g/mol. The van der Waals surface area contributed by atoms with E-state index in [1.54, 1.807) is 0 Å². The number of fused-ring (bicyclic) bond motifs is 1. The first kappa shape index (κ1) is 12.7. The molecular weight excluding hydrogens is 236 g/mol. The Bertz CT molecular complexity index is 472. The van der Waals surface area contributed by atoms with Gasteiger partial charge in [0.05, 0.1) is 5.92 Å². The Morgan fingerprint density at radius 3 is 3.05 bits per heavy atom. The number of piperidine rings is 1. The number of amides is 1. The molecular formula is C16H22N2O. The van der Waals surface area contributed by atoms with Crippen molar-refractivity contribution in [2.45, 2.75) is 25.7 Å². The second kappa shape index (κ2) is 5.33. The molecule has 1 aromatic carbocycles. The number of hydrogen-bond donors (Lipinski definition) is 2. The molecule has 19 heavy (non-hydrogen) atoms. The normalized spacial score (nSPS) is 29.2. The lowest BCUT2D eigenvalue weighted by atomic mass is 9.77. The summed E-state index contributed by atoms with van der Waals surface area (Å²) in [5.74, 6) is 1.57. The standard InChI is InChI=1S/C16H22N2O/c1-11-6-7-17-9-13(11)10-18-16(19)15-8-12-4-2-3-5-14(12)15/h2-5,11,13,15,17H,6-10H2,1H3,(H,18,19). The third-order valence-electron chi connectivity index (χ3n) is 4.70. The van der Waals surface area contributed by atoms with E-state index in [1.165, 1.54) is 17.5 Å². The van der Waals surface area contributed by atoms with Gasteiger partial charge < -0.3 is 10.6 Å². The van der Waals surface area contributed by atoms with E-state index in [4.69, 9.17) is 0 Å². The molecule has 1 fully saturated rings. The highest BCUT2D eigenvalue weighted by atomic mass is 16.1. The van der Waals surface area contributed by atoms with Gasteiger partial charge in [0.25, 0.3) is 0 Å². The largest absolute Gasteiger partial charge is 0.355 e. The minimum atomic E-state index is 0.0862. The molecule has 1 aromatic rings. The maximum Gasteiger partial charge on any atom is 0.227 e. The Kier molecular flexibility index (Phi) is 3.56. The van der Waals surface area contributed by atoms with Crippen molar-refractivity contribution in [2.75, 3.05) is 19.6 Å². The lowest BCUT2D eigenvalue weighted by Gasteiger charge is -2.32. The fourth-order valence-electron chi connectivity index (χ4n) is 3.18. The highest BCUT2D eigenvalue weighted by Crippen LogP contribution is 2.34. The van der Waals surface area contributed by atoms with Gasteiger partial charge in [-0.15, -0.1) is 0 Å². The number of hydrogen-bond acceptors (Lipinski definition) is 2. The van der Waals surface area contributed by atoms with Gasteiger partial charge in [-0.2, -0.15) is 0 Å². The smallest absolute Gasteiger partial charge is 0.227 e.